The minimum absolute atomic E-state index is 0.0408. The number of carbonyl (C=O) groups is 2. The molecular formula is C14H17BrN2O3. The maximum Gasteiger partial charge on any atom is 0.257 e. The van der Waals surface area contributed by atoms with Gasteiger partial charge in [0.15, 0.2) is 0 Å². The van der Waals surface area contributed by atoms with E-state index in [4.69, 9.17) is 0 Å². The number of carbonyl (C=O) groups excluding carboxylic acids is 2. The van der Waals surface area contributed by atoms with Crippen LogP contribution in [-0.4, -0.2) is 42.0 Å². The molecule has 1 atom stereocenters. The lowest BCUT2D eigenvalue weighted by Gasteiger charge is -2.32. The average Bonchev–Trinajstić information content (AvgIpc) is 2.48. The molecule has 2 N–H and O–H groups in total. The summed E-state index contributed by atoms with van der Waals surface area (Å²) in [7, 11) is 1.60. The average molecular weight is 341 g/mol. The Morgan fingerprint density at radius 2 is 2.20 bits per heavy atom. The van der Waals surface area contributed by atoms with Gasteiger partial charge in [0.25, 0.3) is 5.91 Å². The van der Waals surface area contributed by atoms with E-state index in [0.29, 0.717) is 13.1 Å². The molecule has 0 radical (unpaired) electrons. The third-order valence-corrected chi connectivity index (χ3v) is 4.01. The van der Waals surface area contributed by atoms with Crippen molar-refractivity contribution in [3.8, 4) is 5.75 Å². The first kappa shape index (κ1) is 14.8. The zero-order valence-electron chi connectivity index (χ0n) is 11.2. The highest BCUT2D eigenvalue weighted by atomic mass is 79.9. The molecule has 1 fully saturated rings. The summed E-state index contributed by atoms with van der Waals surface area (Å²) in [5.74, 6) is -0.495. The number of rotatable bonds is 2. The van der Waals surface area contributed by atoms with E-state index in [1.807, 2.05) is 0 Å². The highest BCUT2D eigenvalue weighted by Crippen LogP contribution is 2.25. The van der Waals surface area contributed by atoms with Gasteiger partial charge >= 0.3 is 0 Å². The number of piperidine rings is 1. The molecule has 1 aromatic rings. The summed E-state index contributed by atoms with van der Waals surface area (Å²) in [5, 5.41) is 12.4. The molecule has 0 aliphatic carbocycles. The van der Waals surface area contributed by atoms with E-state index in [-0.39, 0.29) is 29.0 Å². The summed E-state index contributed by atoms with van der Waals surface area (Å²) in [6.07, 6.45) is 1.58. The third kappa shape index (κ3) is 3.12. The highest BCUT2D eigenvalue weighted by Gasteiger charge is 2.29. The summed E-state index contributed by atoms with van der Waals surface area (Å²) >= 11 is 3.29. The van der Waals surface area contributed by atoms with Gasteiger partial charge in [0.1, 0.15) is 5.75 Å². The molecule has 1 saturated heterocycles. The first-order valence-corrected chi connectivity index (χ1v) is 7.31. The van der Waals surface area contributed by atoms with Crippen LogP contribution in [-0.2, 0) is 4.79 Å². The fourth-order valence-corrected chi connectivity index (χ4v) is 2.79. The second kappa shape index (κ2) is 6.26. The number of phenolic OH excluding ortho intramolecular Hbond substituents is 1. The molecule has 20 heavy (non-hydrogen) atoms. The Morgan fingerprint density at radius 1 is 1.45 bits per heavy atom. The molecule has 0 aromatic heterocycles. The number of hydrogen-bond acceptors (Lipinski definition) is 3. The van der Waals surface area contributed by atoms with Crippen LogP contribution in [0.5, 0.6) is 5.75 Å². The first-order valence-electron chi connectivity index (χ1n) is 6.52. The third-order valence-electron chi connectivity index (χ3n) is 3.51. The second-order valence-corrected chi connectivity index (χ2v) is 5.78. The van der Waals surface area contributed by atoms with Gasteiger partial charge in [-0.3, -0.25) is 9.59 Å². The van der Waals surface area contributed by atoms with Gasteiger partial charge in [-0.25, -0.2) is 0 Å². The zero-order valence-corrected chi connectivity index (χ0v) is 12.8. The van der Waals surface area contributed by atoms with E-state index < -0.39 is 0 Å². The van der Waals surface area contributed by atoms with Crippen LogP contribution in [0, 0.1) is 5.92 Å². The van der Waals surface area contributed by atoms with Crippen molar-refractivity contribution in [1.82, 2.24) is 10.2 Å². The van der Waals surface area contributed by atoms with Crippen LogP contribution in [0.15, 0.2) is 22.7 Å². The van der Waals surface area contributed by atoms with Gasteiger partial charge in [0, 0.05) is 24.6 Å². The highest BCUT2D eigenvalue weighted by molar-refractivity contribution is 9.10. The van der Waals surface area contributed by atoms with Crippen LogP contribution in [0.4, 0.5) is 0 Å². The lowest BCUT2D eigenvalue weighted by atomic mass is 9.96. The van der Waals surface area contributed by atoms with Crippen molar-refractivity contribution in [2.24, 2.45) is 5.92 Å². The lowest BCUT2D eigenvalue weighted by molar-refractivity contribution is -0.125. The van der Waals surface area contributed by atoms with Crippen LogP contribution >= 0.6 is 15.9 Å². The Balaban J connectivity index is 2.16. The molecule has 0 saturated carbocycles. The van der Waals surface area contributed by atoms with E-state index in [2.05, 4.69) is 21.2 Å². The number of halogens is 1. The SMILES string of the molecule is CNC(=O)[C@H]1CCCN(C(=O)c2cc(Br)ccc2O)C1. The zero-order chi connectivity index (χ0) is 14.7. The largest absolute Gasteiger partial charge is 0.507 e. The molecular weight excluding hydrogens is 324 g/mol. The van der Waals surface area contributed by atoms with Crippen molar-refractivity contribution in [1.29, 1.82) is 0 Å². The Morgan fingerprint density at radius 3 is 2.90 bits per heavy atom. The van der Waals surface area contributed by atoms with Crippen molar-refractivity contribution in [3.63, 3.8) is 0 Å². The van der Waals surface area contributed by atoms with E-state index in [0.717, 1.165) is 17.3 Å². The van der Waals surface area contributed by atoms with Gasteiger partial charge in [0.05, 0.1) is 11.5 Å². The molecule has 1 heterocycles. The molecule has 2 amide bonds. The van der Waals surface area contributed by atoms with Crippen molar-refractivity contribution in [3.05, 3.63) is 28.2 Å². The number of nitrogens with zero attached hydrogens (tertiary/aromatic N) is 1. The molecule has 108 valence electrons. The van der Waals surface area contributed by atoms with Gasteiger partial charge in [0.2, 0.25) is 5.91 Å². The monoisotopic (exact) mass is 340 g/mol. The van der Waals surface area contributed by atoms with Crippen LogP contribution < -0.4 is 5.32 Å². The summed E-state index contributed by atoms with van der Waals surface area (Å²) in [6.45, 7) is 1.00. The van der Waals surface area contributed by atoms with Crippen molar-refractivity contribution in [2.75, 3.05) is 20.1 Å². The van der Waals surface area contributed by atoms with Crippen molar-refractivity contribution < 1.29 is 14.7 Å². The van der Waals surface area contributed by atoms with Gasteiger partial charge in [-0.1, -0.05) is 15.9 Å². The van der Waals surface area contributed by atoms with Crippen LogP contribution in [0.3, 0.4) is 0 Å². The number of hydrogen-bond donors (Lipinski definition) is 2. The standard InChI is InChI=1S/C14H17BrN2O3/c1-16-13(19)9-3-2-6-17(8-9)14(20)11-7-10(15)4-5-12(11)18/h4-5,7,9,18H,2-3,6,8H2,1H3,(H,16,19)/t9-/m0/s1. The number of aromatic hydroxyl groups is 1. The van der Waals surface area contributed by atoms with Crippen LogP contribution in [0.25, 0.3) is 0 Å². The Bertz CT molecular complexity index is 533. The second-order valence-electron chi connectivity index (χ2n) is 4.87. The predicted octanol–water partition coefficient (Wildman–Crippen LogP) is 1.75. The smallest absolute Gasteiger partial charge is 0.257 e. The number of benzene rings is 1. The van der Waals surface area contributed by atoms with Gasteiger partial charge < -0.3 is 15.3 Å². The van der Waals surface area contributed by atoms with Crippen LogP contribution in [0.1, 0.15) is 23.2 Å². The van der Waals surface area contributed by atoms with Crippen molar-refractivity contribution in [2.45, 2.75) is 12.8 Å². The minimum atomic E-state index is -0.239. The quantitative estimate of drug-likeness (QED) is 0.861. The molecule has 5 nitrogen and oxygen atoms in total. The predicted molar refractivity (Wildman–Crippen MR) is 78.5 cm³/mol. The number of phenols is 1. The molecule has 1 aromatic carbocycles. The van der Waals surface area contributed by atoms with Gasteiger partial charge in [-0.05, 0) is 31.0 Å². The maximum atomic E-state index is 12.4. The molecule has 1 aliphatic rings. The van der Waals surface area contributed by atoms with Gasteiger partial charge in [-0.2, -0.15) is 0 Å². The molecule has 0 bridgehead atoms. The molecule has 6 heteroatoms. The molecule has 1 aliphatic heterocycles. The minimum Gasteiger partial charge on any atom is -0.507 e. The van der Waals surface area contributed by atoms with E-state index in [9.17, 15) is 14.7 Å². The molecule has 0 spiro atoms. The van der Waals surface area contributed by atoms with E-state index in [1.54, 1.807) is 24.1 Å². The van der Waals surface area contributed by atoms with Crippen LogP contribution in [0.2, 0.25) is 0 Å². The number of likely N-dealkylation sites (tertiary alicyclic amines) is 1. The lowest BCUT2D eigenvalue weighted by Crippen LogP contribution is -2.44. The molecule has 0 unspecified atom stereocenters. The summed E-state index contributed by atoms with van der Waals surface area (Å²) in [4.78, 5) is 25.8. The Hall–Kier alpha value is -1.56. The van der Waals surface area contributed by atoms with Crippen molar-refractivity contribution >= 4 is 27.7 Å². The topological polar surface area (TPSA) is 69.6 Å². The summed E-state index contributed by atoms with van der Waals surface area (Å²) in [5.41, 5.74) is 0.261. The van der Waals surface area contributed by atoms with Gasteiger partial charge in [-0.15, -0.1) is 0 Å². The Kier molecular flexibility index (Phi) is 4.65. The number of nitrogens with one attached hydrogen (secondary N) is 1. The summed E-state index contributed by atoms with van der Waals surface area (Å²) in [6, 6.07) is 4.76. The fraction of sp³-hybridized carbons (Fsp3) is 0.429. The normalized spacial score (nSPS) is 18.7. The molecule has 2 rings (SSSR count). The maximum absolute atomic E-state index is 12.4. The summed E-state index contributed by atoms with van der Waals surface area (Å²) < 4.78 is 0.735. The van der Waals surface area contributed by atoms with E-state index in [1.165, 1.54) is 6.07 Å². The first-order chi connectivity index (χ1) is 9.52. The number of amides is 2. The van der Waals surface area contributed by atoms with E-state index >= 15 is 0 Å². The fourth-order valence-electron chi connectivity index (χ4n) is 2.43. The Labute approximate surface area is 126 Å².